The van der Waals surface area contributed by atoms with Crippen LogP contribution in [0.5, 0.6) is 0 Å². The summed E-state index contributed by atoms with van der Waals surface area (Å²) >= 11 is 2.37. The molecule has 0 radical (unpaired) electrons. The smallest absolute Gasteiger partial charge is 0.106 e. The third kappa shape index (κ3) is 1.13. The van der Waals surface area contributed by atoms with Crippen LogP contribution in [-0.4, -0.2) is 16.7 Å². The van der Waals surface area contributed by atoms with Gasteiger partial charge in [-0.05, 0) is 12.8 Å². The van der Waals surface area contributed by atoms with Crippen LogP contribution in [0.2, 0.25) is 0 Å². The van der Waals surface area contributed by atoms with Gasteiger partial charge >= 0.3 is 0 Å². The fourth-order valence-electron chi connectivity index (χ4n) is 0.603. The van der Waals surface area contributed by atoms with Crippen molar-refractivity contribution in [3.63, 3.8) is 0 Å². The molecule has 1 aliphatic rings. The van der Waals surface area contributed by atoms with Crippen molar-refractivity contribution in [1.82, 2.24) is 0 Å². The van der Waals surface area contributed by atoms with E-state index in [1.165, 1.54) is 12.1 Å². The number of hydrogen-bond donors (Lipinski definition) is 0. The van der Waals surface area contributed by atoms with Crippen LogP contribution in [0, 0.1) is 0 Å². The van der Waals surface area contributed by atoms with Gasteiger partial charge in [-0.2, -0.15) is 0 Å². The SMILES string of the molecule is CON=C1CCC1I. The first-order chi connectivity index (χ1) is 3.84. The number of nitrogens with zero attached hydrogens (tertiary/aromatic N) is 1. The van der Waals surface area contributed by atoms with Gasteiger partial charge in [0.1, 0.15) is 7.11 Å². The predicted molar refractivity (Wildman–Crippen MR) is 41.5 cm³/mol. The van der Waals surface area contributed by atoms with E-state index in [1.54, 1.807) is 7.11 Å². The Morgan fingerprint density at radius 2 is 2.62 bits per heavy atom. The van der Waals surface area contributed by atoms with Crippen LogP contribution >= 0.6 is 22.6 Å². The van der Waals surface area contributed by atoms with Gasteiger partial charge in [-0.15, -0.1) is 0 Å². The molecule has 0 aromatic heterocycles. The normalized spacial score (nSPS) is 32.2. The summed E-state index contributed by atoms with van der Waals surface area (Å²) in [5, 5.41) is 3.82. The van der Waals surface area contributed by atoms with E-state index in [0.29, 0.717) is 3.92 Å². The van der Waals surface area contributed by atoms with Crippen LogP contribution in [0.25, 0.3) is 0 Å². The highest BCUT2D eigenvalue weighted by atomic mass is 127. The zero-order valence-electron chi connectivity index (χ0n) is 4.72. The first-order valence-electron chi connectivity index (χ1n) is 2.58. The minimum Gasteiger partial charge on any atom is -0.399 e. The van der Waals surface area contributed by atoms with Crippen molar-refractivity contribution >= 4 is 28.3 Å². The molecule has 1 rings (SSSR count). The molecule has 0 amide bonds. The summed E-state index contributed by atoms with van der Waals surface area (Å²) in [7, 11) is 1.59. The van der Waals surface area contributed by atoms with Crippen molar-refractivity contribution in [2.24, 2.45) is 5.16 Å². The van der Waals surface area contributed by atoms with Crippen LogP contribution < -0.4 is 0 Å². The van der Waals surface area contributed by atoms with E-state index in [2.05, 4.69) is 32.6 Å². The zero-order valence-corrected chi connectivity index (χ0v) is 6.88. The van der Waals surface area contributed by atoms with Crippen LogP contribution in [0.4, 0.5) is 0 Å². The third-order valence-corrected chi connectivity index (χ3v) is 2.57. The predicted octanol–water partition coefficient (Wildman–Crippen LogP) is 1.59. The van der Waals surface area contributed by atoms with Crippen molar-refractivity contribution < 1.29 is 4.84 Å². The molecule has 0 aromatic rings. The lowest BCUT2D eigenvalue weighted by atomic mass is 9.98. The maximum absolute atomic E-state index is 4.60. The first-order valence-corrected chi connectivity index (χ1v) is 3.83. The molecule has 0 heterocycles. The minimum absolute atomic E-state index is 0.646. The second-order valence-electron chi connectivity index (χ2n) is 1.77. The second kappa shape index (κ2) is 2.66. The van der Waals surface area contributed by atoms with E-state index in [1.807, 2.05) is 0 Å². The molecule has 1 aliphatic carbocycles. The van der Waals surface area contributed by atoms with Crippen molar-refractivity contribution in [1.29, 1.82) is 0 Å². The summed E-state index contributed by atoms with van der Waals surface area (Å²) in [6, 6.07) is 0. The van der Waals surface area contributed by atoms with Crippen LogP contribution in [0.15, 0.2) is 5.16 Å². The molecule has 0 N–H and O–H groups in total. The number of hydrogen-bond acceptors (Lipinski definition) is 2. The van der Waals surface area contributed by atoms with Crippen LogP contribution in [-0.2, 0) is 4.84 Å². The summed E-state index contributed by atoms with van der Waals surface area (Å²) in [5.41, 5.74) is 1.20. The summed E-state index contributed by atoms with van der Waals surface area (Å²) in [5.74, 6) is 0. The largest absolute Gasteiger partial charge is 0.399 e. The molecular weight excluding hydrogens is 217 g/mol. The highest BCUT2D eigenvalue weighted by Crippen LogP contribution is 2.24. The van der Waals surface area contributed by atoms with E-state index >= 15 is 0 Å². The number of halogens is 1. The quantitative estimate of drug-likeness (QED) is 0.377. The molecule has 1 atom stereocenters. The summed E-state index contributed by atoms with van der Waals surface area (Å²) in [4.78, 5) is 4.60. The molecule has 0 saturated heterocycles. The molecule has 1 saturated carbocycles. The van der Waals surface area contributed by atoms with Gasteiger partial charge in [0.15, 0.2) is 0 Å². The molecule has 1 fully saturated rings. The lowest BCUT2D eigenvalue weighted by Gasteiger charge is -2.20. The second-order valence-corrected chi connectivity index (χ2v) is 3.28. The first kappa shape index (κ1) is 6.32. The Morgan fingerprint density at radius 1 is 1.88 bits per heavy atom. The number of alkyl halides is 1. The van der Waals surface area contributed by atoms with Gasteiger partial charge in [0.25, 0.3) is 0 Å². The molecule has 8 heavy (non-hydrogen) atoms. The van der Waals surface area contributed by atoms with Gasteiger partial charge in [-0.3, -0.25) is 0 Å². The molecule has 2 nitrogen and oxygen atoms in total. The Bertz CT molecular complexity index is 113. The molecule has 0 aromatic carbocycles. The summed E-state index contributed by atoms with van der Waals surface area (Å²) < 4.78 is 0.646. The monoisotopic (exact) mass is 225 g/mol. The molecular formula is C5H8INO. The van der Waals surface area contributed by atoms with Gasteiger partial charge in [-0.25, -0.2) is 0 Å². The fourth-order valence-corrected chi connectivity index (χ4v) is 1.34. The standard InChI is InChI=1S/C5H8INO/c1-8-7-5-3-2-4(5)6/h4H,2-3H2,1H3. The van der Waals surface area contributed by atoms with E-state index in [-0.39, 0.29) is 0 Å². The van der Waals surface area contributed by atoms with E-state index < -0.39 is 0 Å². The molecule has 0 aliphatic heterocycles. The van der Waals surface area contributed by atoms with Gasteiger partial charge in [0.2, 0.25) is 0 Å². The van der Waals surface area contributed by atoms with E-state index in [9.17, 15) is 0 Å². The zero-order chi connectivity index (χ0) is 5.98. The minimum atomic E-state index is 0.646. The summed E-state index contributed by atoms with van der Waals surface area (Å²) in [6.45, 7) is 0. The highest BCUT2D eigenvalue weighted by Gasteiger charge is 2.22. The Kier molecular flexibility index (Phi) is 2.10. The van der Waals surface area contributed by atoms with Crippen molar-refractivity contribution in [3.8, 4) is 0 Å². The highest BCUT2D eigenvalue weighted by molar-refractivity contribution is 14.1. The molecule has 1 unspecified atom stereocenters. The van der Waals surface area contributed by atoms with E-state index in [0.717, 1.165) is 6.42 Å². The molecule has 0 spiro atoms. The van der Waals surface area contributed by atoms with Crippen LogP contribution in [0.1, 0.15) is 12.8 Å². The average Bonchev–Trinajstić information content (AvgIpc) is 1.79. The molecule has 46 valence electrons. The Balaban J connectivity index is 2.36. The van der Waals surface area contributed by atoms with Gasteiger partial charge < -0.3 is 4.84 Å². The molecule has 0 bridgehead atoms. The number of rotatable bonds is 1. The van der Waals surface area contributed by atoms with Crippen molar-refractivity contribution in [2.45, 2.75) is 16.8 Å². The molecule has 3 heteroatoms. The topological polar surface area (TPSA) is 21.6 Å². The van der Waals surface area contributed by atoms with E-state index in [4.69, 9.17) is 0 Å². The van der Waals surface area contributed by atoms with Crippen molar-refractivity contribution in [3.05, 3.63) is 0 Å². The average molecular weight is 225 g/mol. The van der Waals surface area contributed by atoms with Gasteiger partial charge in [0, 0.05) is 0 Å². The van der Waals surface area contributed by atoms with Gasteiger partial charge in [-0.1, -0.05) is 27.7 Å². The Morgan fingerprint density at radius 3 is 2.75 bits per heavy atom. The number of oxime groups is 1. The third-order valence-electron chi connectivity index (χ3n) is 1.22. The van der Waals surface area contributed by atoms with Crippen molar-refractivity contribution in [2.75, 3.05) is 7.11 Å². The Labute approximate surface area is 62.4 Å². The lowest BCUT2D eigenvalue weighted by Crippen LogP contribution is -2.25. The fraction of sp³-hybridized carbons (Fsp3) is 0.800. The maximum Gasteiger partial charge on any atom is 0.106 e. The maximum atomic E-state index is 4.60. The Hall–Kier alpha value is 0.200. The van der Waals surface area contributed by atoms with Crippen LogP contribution in [0.3, 0.4) is 0 Å². The van der Waals surface area contributed by atoms with Gasteiger partial charge in [0.05, 0.1) is 9.64 Å². The summed E-state index contributed by atoms with van der Waals surface area (Å²) in [6.07, 6.45) is 2.39. The lowest BCUT2D eigenvalue weighted by molar-refractivity contribution is 0.210.